The predicted molar refractivity (Wildman–Crippen MR) is 105 cm³/mol. The number of aromatic hydroxyl groups is 1. The number of thioether (sulfide) groups is 2. The fraction of sp³-hybridized carbons (Fsp3) is 0.222. The number of phenols is 1. The second-order valence-corrected chi connectivity index (χ2v) is 8.14. The minimum absolute atomic E-state index is 0.0940. The highest BCUT2D eigenvalue weighted by molar-refractivity contribution is 8.00. The van der Waals surface area contributed by atoms with Gasteiger partial charge in [-0.15, -0.1) is 16.9 Å². The first-order valence-electron chi connectivity index (χ1n) is 8.49. The van der Waals surface area contributed by atoms with Gasteiger partial charge >= 0.3 is 0 Å². The van der Waals surface area contributed by atoms with E-state index in [2.05, 4.69) is 15.5 Å². The van der Waals surface area contributed by atoms with Crippen molar-refractivity contribution < 1.29 is 14.3 Å². The maximum atomic E-state index is 14.2. The van der Waals surface area contributed by atoms with Crippen LogP contribution in [0.15, 0.2) is 53.7 Å². The van der Waals surface area contributed by atoms with Gasteiger partial charge in [-0.1, -0.05) is 30.0 Å². The molecule has 144 valence electrons. The van der Waals surface area contributed by atoms with Gasteiger partial charge in [-0.25, -0.2) is 4.39 Å². The van der Waals surface area contributed by atoms with Gasteiger partial charge in [-0.3, -0.25) is 4.79 Å². The van der Waals surface area contributed by atoms with Crippen molar-refractivity contribution in [1.82, 2.24) is 25.1 Å². The topological polar surface area (TPSA) is 84.1 Å². The Morgan fingerprint density at radius 3 is 2.82 bits per heavy atom. The van der Waals surface area contributed by atoms with Crippen molar-refractivity contribution in [2.24, 2.45) is 0 Å². The van der Waals surface area contributed by atoms with Gasteiger partial charge in [-0.2, -0.15) is 4.68 Å². The SMILES string of the molecule is O=C(CSc1nnnn1-c1ccc(O)cc1)N1CCS[C@H]1c1ccccc1F. The monoisotopic (exact) mass is 417 g/mol. The van der Waals surface area contributed by atoms with E-state index in [1.54, 1.807) is 47.0 Å². The molecular formula is C18H16FN5O2S2. The second-order valence-electron chi connectivity index (χ2n) is 6.01. The van der Waals surface area contributed by atoms with Gasteiger partial charge in [0.05, 0.1) is 11.4 Å². The summed E-state index contributed by atoms with van der Waals surface area (Å²) in [6.07, 6.45) is 0. The molecule has 1 aromatic heterocycles. The highest BCUT2D eigenvalue weighted by atomic mass is 32.2. The fourth-order valence-electron chi connectivity index (χ4n) is 2.89. The second kappa shape index (κ2) is 8.19. The maximum absolute atomic E-state index is 14.2. The zero-order valence-corrected chi connectivity index (χ0v) is 16.2. The van der Waals surface area contributed by atoms with E-state index in [1.807, 2.05) is 0 Å². The number of tetrazole rings is 1. The molecule has 2 aromatic carbocycles. The fourth-order valence-corrected chi connectivity index (χ4v) is 4.97. The van der Waals surface area contributed by atoms with E-state index in [1.165, 1.54) is 34.6 Å². The van der Waals surface area contributed by atoms with Gasteiger partial charge in [0.25, 0.3) is 0 Å². The van der Waals surface area contributed by atoms with Gasteiger partial charge in [-0.05, 0) is 40.8 Å². The van der Waals surface area contributed by atoms with Crippen molar-refractivity contribution in [3.8, 4) is 11.4 Å². The van der Waals surface area contributed by atoms with Crippen molar-refractivity contribution in [2.45, 2.75) is 10.5 Å². The Hall–Kier alpha value is -2.59. The highest BCUT2D eigenvalue weighted by Gasteiger charge is 2.32. The average molecular weight is 417 g/mol. The van der Waals surface area contributed by atoms with Crippen LogP contribution in [-0.2, 0) is 4.79 Å². The number of hydrogen-bond donors (Lipinski definition) is 1. The lowest BCUT2D eigenvalue weighted by Crippen LogP contribution is -2.32. The Labute approximate surface area is 168 Å². The van der Waals surface area contributed by atoms with Crippen molar-refractivity contribution in [1.29, 1.82) is 0 Å². The molecule has 1 aliphatic rings. The van der Waals surface area contributed by atoms with E-state index in [0.29, 0.717) is 23.0 Å². The van der Waals surface area contributed by atoms with E-state index in [4.69, 9.17) is 0 Å². The lowest BCUT2D eigenvalue weighted by molar-refractivity contribution is -0.128. The Morgan fingerprint density at radius 1 is 1.25 bits per heavy atom. The smallest absolute Gasteiger partial charge is 0.234 e. The zero-order chi connectivity index (χ0) is 19.5. The van der Waals surface area contributed by atoms with E-state index in [-0.39, 0.29) is 28.6 Å². The van der Waals surface area contributed by atoms with Crippen molar-refractivity contribution in [3.05, 3.63) is 59.9 Å². The van der Waals surface area contributed by atoms with Crippen LogP contribution in [0.25, 0.3) is 5.69 Å². The molecule has 28 heavy (non-hydrogen) atoms. The molecule has 0 spiro atoms. The number of phenolic OH excluding ortho intramolecular Hbond substituents is 1. The van der Waals surface area contributed by atoms with E-state index < -0.39 is 0 Å². The highest BCUT2D eigenvalue weighted by Crippen LogP contribution is 2.39. The molecule has 4 rings (SSSR count). The van der Waals surface area contributed by atoms with Crippen molar-refractivity contribution >= 4 is 29.4 Å². The summed E-state index contributed by atoms with van der Waals surface area (Å²) < 4.78 is 15.7. The lowest BCUT2D eigenvalue weighted by Gasteiger charge is -2.24. The minimum Gasteiger partial charge on any atom is -0.508 e. The molecule has 10 heteroatoms. The molecule has 1 aliphatic heterocycles. The average Bonchev–Trinajstić information content (AvgIpc) is 3.37. The first kappa shape index (κ1) is 18.8. The van der Waals surface area contributed by atoms with Crippen LogP contribution >= 0.6 is 23.5 Å². The molecule has 0 aliphatic carbocycles. The molecule has 1 saturated heterocycles. The summed E-state index contributed by atoms with van der Waals surface area (Å²) in [4.78, 5) is 14.5. The number of aromatic nitrogens is 4. The molecule has 1 fully saturated rings. The summed E-state index contributed by atoms with van der Waals surface area (Å²) in [5.41, 5.74) is 1.20. The standard InChI is InChI=1S/C18H16FN5O2S2/c19-15-4-2-1-3-14(15)17-23(9-10-27-17)16(26)11-28-18-20-21-22-24(18)12-5-7-13(25)8-6-12/h1-8,17,25H,9-11H2/t17-/m0/s1. The molecule has 1 N–H and O–H groups in total. The molecule has 0 saturated carbocycles. The Balaban J connectivity index is 1.46. The third kappa shape index (κ3) is 3.83. The number of carbonyl (C=O) groups excluding carboxylic acids is 1. The van der Waals surface area contributed by atoms with Crippen LogP contribution in [0.5, 0.6) is 5.75 Å². The number of halogens is 1. The molecule has 0 bridgehead atoms. The molecule has 0 unspecified atom stereocenters. The summed E-state index contributed by atoms with van der Waals surface area (Å²) in [6.45, 7) is 0.575. The first-order chi connectivity index (χ1) is 13.6. The van der Waals surface area contributed by atoms with Gasteiger partial charge in [0, 0.05) is 17.9 Å². The number of rotatable bonds is 5. The van der Waals surface area contributed by atoms with E-state index in [9.17, 15) is 14.3 Å². The third-order valence-corrected chi connectivity index (χ3v) is 6.39. The van der Waals surface area contributed by atoms with Crippen molar-refractivity contribution in [2.75, 3.05) is 18.1 Å². The van der Waals surface area contributed by atoms with Gasteiger partial charge in [0.2, 0.25) is 11.1 Å². The number of carbonyl (C=O) groups is 1. The normalized spacial score (nSPS) is 16.5. The van der Waals surface area contributed by atoms with Crippen LogP contribution in [0, 0.1) is 5.82 Å². The van der Waals surface area contributed by atoms with Crippen LogP contribution in [0.4, 0.5) is 4.39 Å². The minimum atomic E-state index is -0.317. The van der Waals surface area contributed by atoms with Crippen LogP contribution in [0.3, 0.4) is 0 Å². The molecular weight excluding hydrogens is 401 g/mol. The number of benzene rings is 2. The Morgan fingerprint density at radius 2 is 2.04 bits per heavy atom. The Kier molecular flexibility index (Phi) is 5.49. The number of nitrogens with zero attached hydrogens (tertiary/aromatic N) is 5. The van der Waals surface area contributed by atoms with E-state index >= 15 is 0 Å². The van der Waals surface area contributed by atoms with E-state index in [0.717, 1.165) is 5.75 Å². The summed E-state index contributed by atoms with van der Waals surface area (Å²) in [7, 11) is 0. The Bertz CT molecular complexity index is 982. The molecule has 1 amide bonds. The zero-order valence-electron chi connectivity index (χ0n) is 14.6. The molecule has 3 aromatic rings. The molecule has 1 atom stereocenters. The lowest BCUT2D eigenvalue weighted by atomic mass is 10.2. The third-order valence-electron chi connectivity index (χ3n) is 4.24. The summed E-state index contributed by atoms with van der Waals surface area (Å²) >= 11 is 2.78. The van der Waals surface area contributed by atoms with Crippen LogP contribution in [0.2, 0.25) is 0 Å². The van der Waals surface area contributed by atoms with Crippen LogP contribution < -0.4 is 0 Å². The molecule has 2 heterocycles. The van der Waals surface area contributed by atoms with Gasteiger partial charge < -0.3 is 10.0 Å². The quantitative estimate of drug-likeness (QED) is 0.639. The maximum Gasteiger partial charge on any atom is 0.234 e. The van der Waals surface area contributed by atoms with Gasteiger partial charge in [0.1, 0.15) is 16.9 Å². The summed E-state index contributed by atoms with van der Waals surface area (Å²) in [6, 6.07) is 13.0. The number of hydrogen-bond acceptors (Lipinski definition) is 7. The summed E-state index contributed by atoms with van der Waals surface area (Å²) in [5, 5.41) is 21.1. The van der Waals surface area contributed by atoms with Crippen LogP contribution in [0.1, 0.15) is 10.9 Å². The number of amides is 1. The predicted octanol–water partition coefficient (Wildman–Crippen LogP) is 2.87. The molecule has 0 radical (unpaired) electrons. The van der Waals surface area contributed by atoms with Crippen molar-refractivity contribution in [3.63, 3.8) is 0 Å². The first-order valence-corrected chi connectivity index (χ1v) is 10.5. The largest absolute Gasteiger partial charge is 0.508 e. The molecule has 7 nitrogen and oxygen atoms in total. The van der Waals surface area contributed by atoms with Crippen LogP contribution in [-0.4, -0.2) is 54.2 Å². The summed E-state index contributed by atoms with van der Waals surface area (Å²) in [5.74, 6) is 0.656. The van der Waals surface area contributed by atoms with Gasteiger partial charge in [0.15, 0.2) is 0 Å².